The van der Waals surface area contributed by atoms with Crippen LogP contribution in [0.1, 0.15) is 0 Å². The summed E-state index contributed by atoms with van der Waals surface area (Å²) in [5.74, 6) is 1.78. The van der Waals surface area contributed by atoms with Crippen molar-refractivity contribution in [1.29, 1.82) is 0 Å². The molecule has 0 spiro atoms. The van der Waals surface area contributed by atoms with Gasteiger partial charge in [-0.05, 0) is 24.3 Å². The molecular weight excluding hydrogens is 332 g/mol. The first-order chi connectivity index (χ1) is 12.8. The molecular formula is C18H24N6O2. The van der Waals surface area contributed by atoms with E-state index >= 15 is 0 Å². The Morgan fingerprint density at radius 3 is 2.12 bits per heavy atom. The largest absolute Gasteiger partial charge is 0.378 e. The number of nitrogens with one attached hydrogen (secondary N) is 1. The molecule has 2 saturated heterocycles. The molecule has 3 N–H and O–H groups in total. The van der Waals surface area contributed by atoms with E-state index < -0.39 is 0 Å². The summed E-state index contributed by atoms with van der Waals surface area (Å²) in [5, 5.41) is 3.32. The molecule has 0 atom stereocenters. The lowest BCUT2D eigenvalue weighted by Crippen LogP contribution is -2.36. The Morgan fingerprint density at radius 2 is 1.46 bits per heavy atom. The standard InChI is InChI=1S/C18H24N6O2/c19-18-21-16(13-17(22-18)24-7-11-26-12-8-24)20-14-1-3-15(4-2-14)23-5-9-25-10-6-23/h1-4,13H,5-12H2,(H3,19,20,21,22). The SMILES string of the molecule is Nc1nc(Nc2ccc(N3CCOCC3)cc2)cc(N2CCOCC2)n1. The second-order valence-electron chi connectivity index (χ2n) is 6.34. The van der Waals surface area contributed by atoms with Crippen LogP contribution in [-0.4, -0.2) is 62.6 Å². The summed E-state index contributed by atoms with van der Waals surface area (Å²) in [6, 6.07) is 10.3. The van der Waals surface area contributed by atoms with E-state index in [0.29, 0.717) is 19.0 Å². The van der Waals surface area contributed by atoms with Gasteiger partial charge in [-0.3, -0.25) is 0 Å². The fraction of sp³-hybridized carbons (Fsp3) is 0.444. The van der Waals surface area contributed by atoms with Crippen LogP contribution in [0.5, 0.6) is 0 Å². The second-order valence-corrected chi connectivity index (χ2v) is 6.34. The van der Waals surface area contributed by atoms with E-state index in [0.717, 1.165) is 50.9 Å². The molecule has 0 amide bonds. The van der Waals surface area contributed by atoms with Gasteiger partial charge in [-0.25, -0.2) is 0 Å². The molecule has 8 nitrogen and oxygen atoms in total. The summed E-state index contributed by atoms with van der Waals surface area (Å²) in [7, 11) is 0. The van der Waals surface area contributed by atoms with E-state index in [1.54, 1.807) is 0 Å². The summed E-state index contributed by atoms with van der Waals surface area (Å²) >= 11 is 0. The monoisotopic (exact) mass is 356 g/mol. The normalized spacial score (nSPS) is 18.0. The van der Waals surface area contributed by atoms with E-state index in [-0.39, 0.29) is 5.95 Å². The smallest absolute Gasteiger partial charge is 0.223 e. The summed E-state index contributed by atoms with van der Waals surface area (Å²) in [4.78, 5) is 13.1. The van der Waals surface area contributed by atoms with Crippen molar-refractivity contribution >= 4 is 29.0 Å². The van der Waals surface area contributed by atoms with Crippen molar-refractivity contribution in [2.24, 2.45) is 0 Å². The lowest BCUT2D eigenvalue weighted by molar-refractivity contribution is 0.122. The van der Waals surface area contributed by atoms with Crippen molar-refractivity contribution in [3.05, 3.63) is 30.3 Å². The van der Waals surface area contributed by atoms with E-state index in [1.165, 1.54) is 5.69 Å². The van der Waals surface area contributed by atoms with Crippen LogP contribution >= 0.6 is 0 Å². The molecule has 2 aromatic rings. The third-order valence-corrected chi connectivity index (χ3v) is 4.58. The molecule has 3 heterocycles. The van der Waals surface area contributed by atoms with Crippen molar-refractivity contribution in [2.75, 3.05) is 73.5 Å². The maximum atomic E-state index is 5.90. The number of nitrogen functional groups attached to an aromatic ring is 1. The van der Waals surface area contributed by atoms with Gasteiger partial charge in [0.1, 0.15) is 11.6 Å². The number of aromatic nitrogens is 2. The number of nitrogens with zero attached hydrogens (tertiary/aromatic N) is 4. The second kappa shape index (κ2) is 7.76. The van der Waals surface area contributed by atoms with Crippen molar-refractivity contribution in [3.8, 4) is 0 Å². The maximum Gasteiger partial charge on any atom is 0.223 e. The van der Waals surface area contributed by atoms with E-state index in [4.69, 9.17) is 15.2 Å². The van der Waals surface area contributed by atoms with Crippen LogP contribution in [0.2, 0.25) is 0 Å². The molecule has 2 aliphatic heterocycles. The fourth-order valence-corrected chi connectivity index (χ4v) is 3.20. The van der Waals surface area contributed by atoms with E-state index in [9.17, 15) is 0 Å². The third kappa shape index (κ3) is 3.97. The van der Waals surface area contributed by atoms with E-state index in [2.05, 4.69) is 49.4 Å². The molecule has 1 aromatic heterocycles. The zero-order valence-corrected chi connectivity index (χ0v) is 14.7. The number of hydrogen-bond donors (Lipinski definition) is 2. The summed E-state index contributed by atoms with van der Waals surface area (Å²) < 4.78 is 10.8. The minimum absolute atomic E-state index is 0.265. The minimum atomic E-state index is 0.265. The predicted octanol–water partition coefficient (Wildman–Crippen LogP) is 1.48. The van der Waals surface area contributed by atoms with Crippen molar-refractivity contribution in [3.63, 3.8) is 0 Å². The first kappa shape index (κ1) is 16.9. The molecule has 0 saturated carbocycles. The zero-order valence-electron chi connectivity index (χ0n) is 14.7. The highest BCUT2D eigenvalue weighted by Crippen LogP contribution is 2.24. The van der Waals surface area contributed by atoms with Gasteiger partial charge in [0.25, 0.3) is 0 Å². The molecule has 26 heavy (non-hydrogen) atoms. The first-order valence-corrected chi connectivity index (χ1v) is 8.95. The van der Waals surface area contributed by atoms with Gasteiger partial charge < -0.3 is 30.3 Å². The van der Waals surface area contributed by atoms with Gasteiger partial charge >= 0.3 is 0 Å². The molecule has 8 heteroatoms. The summed E-state index contributed by atoms with van der Waals surface area (Å²) in [6.07, 6.45) is 0. The van der Waals surface area contributed by atoms with Crippen LogP contribution in [-0.2, 0) is 9.47 Å². The highest BCUT2D eigenvalue weighted by atomic mass is 16.5. The molecule has 2 aliphatic rings. The number of ether oxygens (including phenoxy) is 2. The minimum Gasteiger partial charge on any atom is -0.378 e. The number of anilines is 5. The number of morpholine rings is 2. The molecule has 138 valence electrons. The lowest BCUT2D eigenvalue weighted by Gasteiger charge is -2.29. The molecule has 1 aromatic carbocycles. The molecule has 2 fully saturated rings. The van der Waals surface area contributed by atoms with Gasteiger partial charge in [-0.15, -0.1) is 0 Å². The Balaban J connectivity index is 1.47. The molecule has 0 unspecified atom stereocenters. The average Bonchev–Trinajstić information content (AvgIpc) is 2.69. The van der Waals surface area contributed by atoms with Gasteiger partial charge in [0.15, 0.2) is 0 Å². The Bertz CT molecular complexity index is 727. The Kier molecular flexibility index (Phi) is 5.03. The van der Waals surface area contributed by atoms with Gasteiger partial charge in [0.05, 0.1) is 26.4 Å². The van der Waals surface area contributed by atoms with Crippen LogP contribution in [0.25, 0.3) is 0 Å². The Hall–Kier alpha value is -2.58. The summed E-state index contributed by atoms with van der Waals surface area (Å²) in [5.41, 5.74) is 8.07. The van der Waals surface area contributed by atoms with Crippen LogP contribution in [0, 0.1) is 0 Å². The zero-order chi connectivity index (χ0) is 17.8. The lowest BCUT2D eigenvalue weighted by atomic mass is 10.2. The summed E-state index contributed by atoms with van der Waals surface area (Å²) in [6.45, 7) is 6.45. The number of nitrogens with two attached hydrogens (primary N) is 1. The number of benzene rings is 1. The Morgan fingerprint density at radius 1 is 0.846 bits per heavy atom. The number of rotatable bonds is 4. The topological polar surface area (TPSA) is 88.8 Å². The van der Waals surface area contributed by atoms with Crippen LogP contribution in [0.3, 0.4) is 0 Å². The average molecular weight is 356 g/mol. The van der Waals surface area contributed by atoms with Gasteiger partial charge in [-0.1, -0.05) is 0 Å². The van der Waals surface area contributed by atoms with Gasteiger partial charge in [-0.2, -0.15) is 9.97 Å². The van der Waals surface area contributed by atoms with Gasteiger partial charge in [0.2, 0.25) is 5.95 Å². The quantitative estimate of drug-likeness (QED) is 0.852. The van der Waals surface area contributed by atoms with Crippen LogP contribution < -0.4 is 20.9 Å². The predicted molar refractivity (Wildman–Crippen MR) is 102 cm³/mol. The fourth-order valence-electron chi connectivity index (χ4n) is 3.20. The van der Waals surface area contributed by atoms with Crippen LogP contribution in [0.4, 0.5) is 29.0 Å². The van der Waals surface area contributed by atoms with Gasteiger partial charge in [0, 0.05) is 43.6 Å². The van der Waals surface area contributed by atoms with Crippen molar-refractivity contribution < 1.29 is 9.47 Å². The van der Waals surface area contributed by atoms with Crippen molar-refractivity contribution in [1.82, 2.24) is 9.97 Å². The first-order valence-electron chi connectivity index (χ1n) is 8.95. The Labute approximate surface area is 152 Å². The molecule has 0 radical (unpaired) electrons. The van der Waals surface area contributed by atoms with E-state index in [1.807, 2.05) is 6.07 Å². The van der Waals surface area contributed by atoms with Crippen LogP contribution in [0.15, 0.2) is 30.3 Å². The molecule has 0 aliphatic carbocycles. The highest BCUT2D eigenvalue weighted by molar-refractivity contribution is 5.64. The highest BCUT2D eigenvalue weighted by Gasteiger charge is 2.15. The third-order valence-electron chi connectivity index (χ3n) is 4.58. The molecule has 0 bridgehead atoms. The van der Waals surface area contributed by atoms with Crippen molar-refractivity contribution in [2.45, 2.75) is 0 Å². The molecule has 4 rings (SSSR count). The maximum absolute atomic E-state index is 5.90. The number of hydrogen-bond acceptors (Lipinski definition) is 8.